The van der Waals surface area contributed by atoms with Crippen LogP contribution in [0.15, 0.2) is 103 Å². The van der Waals surface area contributed by atoms with E-state index >= 15 is 0 Å². The van der Waals surface area contributed by atoms with Gasteiger partial charge in [-0.3, -0.25) is 0 Å². The van der Waals surface area contributed by atoms with Gasteiger partial charge in [-0.25, -0.2) is 0 Å². The fourth-order valence-electron chi connectivity index (χ4n) is 5.94. The Bertz CT molecular complexity index is 1570. The first kappa shape index (κ1) is 23.3. The molecule has 0 spiro atoms. The molecule has 0 N–H and O–H groups in total. The normalized spacial score (nSPS) is 20.3. The minimum atomic E-state index is -2.88. The van der Waals surface area contributed by atoms with Crippen LogP contribution in [0, 0.1) is 0 Å². The summed E-state index contributed by atoms with van der Waals surface area (Å²) in [5.74, 6) is 1.92. The topological polar surface area (TPSA) is 27.7 Å². The van der Waals surface area contributed by atoms with Crippen molar-refractivity contribution in [3.8, 4) is 22.6 Å². The molecule has 2 aliphatic rings. The SMILES string of the molecule is [Se]=P1(O[C@H]2CCCC[C@@H]2c2ccccc2)Oc2ccc3ccccc3c2-c2c(ccc3ccccc23)O1. The summed E-state index contributed by atoms with van der Waals surface area (Å²) < 4.78 is 20.5. The first-order valence-corrected chi connectivity index (χ1v) is 16.7. The van der Waals surface area contributed by atoms with Gasteiger partial charge in [0.05, 0.1) is 0 Å². The summed E-state index contributed by atoms with van der Waals surface area (Å²) in [5.41, 5.74) is 3.45. The van der Waals surface area contributed by atoms with Gasteiger partial charge in [0.1, 0.15) is 0 Å². The first-order valence-electron chi connectivity index (χ1n) is 12.9. The fraction of sp³-hybridized carbons (Fsp3) is 0.188. The third kappa shape index (κ3) is 4.23. The Morgan fingerprint density at radius 1 is 0.622 bits per heavy atom. The molecule has 3 nitrogen and oxygen atoms in total. The molecule has 1 aliphatic heterocycles. The molecule has 0 radical (unpaired) electrons. The van der Waals surface area contributed by atoms with Crippen molar-refractivity contribution in [1.29, 1.82) is 0 Å². The second-order valence-corrected chi connectivity index (χ2v) is 14.2. The second kappa shape index (κ2) is 9.46. The maximum atomic E-state index is 6.92. The minimum absolute atomic E-state index is 0.0247. The van der Waals surface area contributed by atoms with Gasteiger partial charge < -0.3 is 0 Å². The Balaban J connectivity index is 1.39. The van der Waals surface area contributed by atoms with Gasteiger partial charge in [0.25, 0.3) is 0 Å². The molecule has 5 aromatic rings. The van der Waals surface area contributed by atoms with Gasteiger partial charge in [0.2, 0.25) is 0 Å². The quantitative estimate of drug-likeness (QED) is 0.160. The average molecular weight is 569 g/mol. The van der Waals surface area contributed by atoms with Crippen LogP contribution in [-0.4, -0.2) is 21.2 Å². The molecule has 7 rings (SSSR count). The summed E-state index contributed by atoms with van der Waals surface area (Å²) in [5, 5.41) is 4.64. The van der Waals surface area contributed by atoms with Crippen molar-refractivity contribution in [2.75, 3.05) is 0 Å². The van der Waals surface area contributed by atoms with Gasteiger partial charge in [-0.05, 0) is 0 Å². The summed E-state index contributed by atoms with van der Waals surface area (Å²) in [6.07, 6.45) is 1.61. The predicted molar refractivity (Wildman–Crippen MR) is 153 cm³/mol. The molecule has 0 amide bonds. The van der Waals surface area contributed by atoms with Crippen molar-refractivity contribution in [2.45, 2.75) is 37.7 Å². The van der Waals surface area contributed by atoms with E-state index in [0.29, 0.717) is 5.92 Å². The Morgan fingerprint density at radius 2 is 1.16 bits per heavy atom. The molecule has 1 aliphatic carbocycles. The molecule has 1 heterocycles. The van der Waals surface area contributed by atoms with E-state index in [1.807, 2.05) is 0 Å². The molecule has 37 heavy (non-hydrogen) atoms. The number of benzene rings is 5. The first-order chi connectivity index (χ1) is 18.2. The van der Waals surface area contributed by atoms with Crippen molar-refractivity contribution in [2.24, 2.45) is 0 Å². The number of fused-ring (bicyclic) bond motifs is 7. The van der Waals surface area contributed by atoms with Gasteiger partial charge in [-0.15, -0.1) is 0 Å². The summed E-state index contributed by atoms with van der Waals surface area (Å²) in [4.78, 5) is 0. The maximum absolute atomic E-state index is 6.92. The van der Waals surface area contributed by atoms with E-state index in [0.717, 1.165) is 52.7 Å². The van der Waals surface area contributed by atoms with E-state index in [9.17, 15) is 0 Å². The molecule has 5 aromatic carbocycles. The molecule has 0 unspecified atom stereocenters. The van der Waals surface area contributed by atoms with Crippen molar-refractivity contribution in [3.63, 3.8) is 0 Å². The third-order valence-electron chi connectivity index (χ3n) is 7.65. The van der Waals surface area contributed by atoms with E-state index in [2.05, 4.69) is 118 Å². The van der Waals surface area contributed by atoms with E-state index < -0.39 is 6.19 Å². The van der Waals surface area contributed by atoms with E-state index in [1.54, 1.807) is 0 Å². The van der Waals surface area contributed by atoms with Crippen molar-refractivity contribution < 1.29 is 13.6 Å². The van der Waals surface area contributed by atoms with Crippen LogP contribution in [0.3, 0.4) is 0 Å². The summed E-state index contributed by atoms with van der Waals surface area (Å²) in [6.45, 7) is 0. The van der Waals surface area contributed by atoms with Crippen LogP contribution < -0.4 is 9.05 Å². The molecule has 0 saturated heterocycles. The Morgan fingerprint density at radius 3 is 1.78 bits per heavy atom. The van der Waals surface area contributed by atoms with E-state index in [1.165, 1.54) is 22.8 Å². The van der Waals surface area contributed by atoms with Crippen LogP contribution in [0.5, 0.6) is 11.5 Å². The second-order valence-electron chi connectivity index (χ2n) is 9.89. The van der Waals surface area contributed by atoms with Crippen LogP contribution in [0.4, 0.5) is 0 Å². The number of rotatable bonds is 3. The predicted octanol–water partition coefficient (Wildman–Crippen LogP) is 9.02. The molecule has 0 aromatic heterocycles. The molecule has 1 fully saturated rings. The Labute approximate surface area is 224 Å². The zero-order chi connectivity index (χ0) is 24.8. The van der Waals surface area contributed by atoms with Crippen LogP contribution in [-0.2, 0) is 4.52 Å². The van der Waals surface area contributed by atoms with Gasteiger partial charge >= 0.3 is 225 Å². The zero-order valence-electron chi connectivity index (χ0n) is 20.4. The number of hydrogen-bond acceptors (Lipinski definition) is 3. The van der Waals surface area contributed by atoms with Crippen LogP contribution in [0.1, 0.15) is 37.2 Å². The Kier molecular flexibility index (Phi) is 5.95. The average Bonchev–Trinajstić information content (AvgIpc) is 3.07. The monoisotopic (exact) mass is 570 g/mol. The molecule has 0 bridgehead atoms. The van der Waals surface area contributed by atoms with Gasteiger partial charge in [-0.1, -0.05) is 0 Å². The van der Waals surface area contributed by atoms with E-state index in [4.69, 9.17) is 13.6 Å². The number of hydrogen-bond donors (Lipinski definition) is 0. The van der Waals surface area contributed by atoms with Crippen LogP contribution in [0.2, 0.25) is 0 Å². The molecular formula is C32H27O3PSe. The van der Waals surface area contributed by atoms with Gasteiger partial charge in [-0.2, -0.15) is 0 Å². The molecule has 1 saturated carbocycles. The fourth-order valence-corrected chi connectivity index (χ4v) is 9.14. The van der Waals surface area contributed by atoms with Crippen molar-refractivity contribution >= 4 is 42.8 Å². The van der Waals surface area contributed by atoms with Crippen LogP contribution in [0.25, 0.3) is 32.7 Å². The van der Waals surface area contributed by atoms with Crippen molar-refractivity contribution in [1.82, 2.24) is 0 Å². The molecular weight excluding hydrogens is 542 g/mol. The molecule has 5 heteroatoms. The summed E-state index contributed by atoms with van der Waals surface area (Å²) in [6, 6.07) is 36.1. The van der Waals surface area contributed by atoms with Gasteiger partial charge in [0.15, 0.2) is 0 Å². The third-order valence-corrected chi connectivity index (χ3v) is 10.5. The summed E-state index contributed by atoms with van der Waals surface area (Å²) in [7, 11) is 0. The Hall–Kier alpha value is -2.87. The molecule has 184 valence electrons. The van der Waals surface area contributed by atoms with Gasteiger partial charge in [0, 0.05) is 0 Å². The van der Waals surface area contributed by atoms with Crippen molar-refractivity contribution in [3.05, 3.63) is 109 Å². The zero-order valence-corrected chi connectivity index (χ0v) is 23.0. The van der Waals surface area contributed by atoms with E-state index in [-0.39, 0.29) is 6.10 Å². The molecule has 2 atom stereocenters. The summed E-state index contributed by atoms with van der Waals surface area (Å²) >= 11 is 3.27. The standard InChI is InChI=1S/C32H27O3PSe/c37-36(33-28-17-9-8-14-25(28)22-10-2-1-3-11-22)34-29-20-18-23-12-4-6-15-26(23)31(29)32-27-16-7-5-13-24(27)19-21-30(32)35-36/h1-7,10-13,15-16,18-21,25,28H,8-9,14,17H2/t25-,28+/m1/s1. The van der Waals surface area contributed by atoms with Crippen LogP contribution >= 0.6 is 6.19 Å².